The van der Waals surface area contributed by atoms with Crippen LogP contribution in [0.2, 0.25) is 0 Å². The van der Waals surface area contributed by atoms with Crippen molar-refractivity contribution in [2.24, 2.45) is 0 Å². The van der Waals surface area contributed by atoms with E-state index in [1.807, 2.05) is 0 Å². The van der Waals surface area contributed by atoms with E-state index in [4.69, 9.17) is 5.73 Å². The van der Waals surface area contributed by atoms with Crippen LogP contribution in [-0.2, 0) is 0 Å². The van der Waals surface area contributed by atoms with Crippen molar-refractivity contribution in [2.75, 3.05) is 31.3 Å². The van der Waals surface area contributed by atoms with Gasteiger partial charge in [-0.15, -0.1) is 0 Å². The van der Waals surface area contributed by atoms with Crippen molar-refractivity contribution in [2.45, 2.75) is 12.6 Å². The number of anilines is 2. The van der Waals surface area contributed by atoms with Gasteiger partial charge in [-0.3, -0.25) is 4.79 Å². The molecular weight excluding hydrogens is 259 g/mol. The van der Waals surface area contributed by atoms with Crippen LogP contribution in [0.3, 0.4) is 0 Å². The second-order valence-electron chi connectivity index (χ2n) is 4.14. The third kappa shape index (κ3) is 4.35. The Morgan fingerprint density at radius 2 is 2.05 bits per heavy atom. The molecule has 0 saturated heterocycles. The molecule has 4 nitrogen and oxygen atoms in total. The zero-order valence-electron chi connectivity index (χ0n) is 10.7. The SMILES string of the molecule is CNC(=O)c1ccc(N)cc1N(C)CCC(F)(F)F. The van der Waals surface area contributed by atoms with Crippen molar-refractivity contribution in [3.8, 4) is 0 Å². The Labute approximate surface area is 109 Å². The molecule has 0 aliphatic heterocycles. The highest BCUT2D eigenvalue weighted by atomic mass is 19.4. The van der Waals surface area contributed by atoms with Crippen LogP contribution >= 0.6 is 0 Å². The molecule has 0 aliphatic rings. The molecule has 0 aromatic heterocycles. The summed E-state index contributed by atoms with van der Waals surface area (Å²) in [4.78, 5) is 13.0. The van der Waals surface area contributed by atoms with Gasteiger partial charge in [-0.05, 0) is 18.2 Å². The van der Waals surface area contributed by atoms with Crippen LogP contribution in [-0.4, -0.2) is 32.7 Å². The van der Waals surface area contributed by atoms with Gasteiger partial charge in [-0.25, -0.2) is 0 Å². The van der Waals surface area contributed by atoms with Crippen LogP contribution in [0.25, 0.3) is 0 Å². The van der Waals surface area contributed by atoms with Crippen LogP contribution in [0, 0.1) is 0 Å². The van der Waals surface area contributed by atoms with Crippen LogP contribution in [0.5, 0.6) is 0 Å². The molecule has 0 heterocycles. The minimum atomic E-state index is -4.23. The molecule has 106 valence electrons. The molecule has 1 rings (SSSR count). The highest BCUT2D eigenvalue weighted by molar-refractivity contribution is 6.00. The summed E-state index contributed by atoms with van der Waals surface area (Å²) in [5, 5.41) is 2.44. The van der Waals surface area contributed by atoms with Gasteiger partial charge in [0, 0.05) is 26.3 Å². The summed E-state index contributed by atoms with van der Waals surface area (Å²) in [6.07, 6.45) is -5.19. The van der Waals surface area contributed by atoms with E-state index in [9.17, 15) is 18.0 Å². The number of halogens is 3. The Hall–Kier alpha value is -1.92. The fourth-order valence-electron chi connectivity index (χ4n) is 1.61. The maximum absolute atomic E-state index is 12.2. The molecule has 0 aliphatic carbocycles. The average molecular weight is 275 g/mol. The number of carbonyl (C=O) groups is 1. The minimum Gasteiger partial charge on any atom is -0.399 e. The number of carbonyl (C=O) groups excluding carboxylic acids is 1. The van der Waals surface area contributed by atoms with Crippen LogP contribution < -0.4 is 16.0 Å². The molecule has 19 heavy (non-hydrogen) atoms. The maximum Gasteiger partial charge on any atom is 0.390 e. The summed E-state index contributed by atoms with van der Waals surface area (Å²) in [7, 11) is 2.95. The lowest BCUT2D eigenvalue weighted by Gasteiger charge is -2.23. The zero-order chi connectivity index (χ0) is 14.6. The summed E-state index contributed by atoms with van der Waals surface area (Å²) >= 11 is 0. The van der Waals surface area contributed by atoms with Crippen molar-refractivity contribution < 1.29 is 18.0 Å². The third-order valence-electron chi connectivity index (χ3n) is 2.64. The largest absolute Gasteiger partial charge is 0.399 e. The molecule has 1 amide bonds. The quantitative estimate of drug-likeness (QED) is 0.826. The van der Waals surface area contributed by atoms with E-state index < -0.39 is 12.6 Å². The lowest BCUT2D eigenvalue weighted by Crippen LogP contribution is -2.27. The predicted octanol–water partition coefficient (Wildman–Crippen LogP) is 2.02. The Kier molecular flexibility index (Phi) is 4.63. The Morgan fingerprint density at radius 1 is 1.42 bits per heavy atom. The van der Waals surface area contributed by atoms with E-state index in [0.29, 0.717) is 16.9 Å². The number of nitrogens with one attached hydrogen (secondary N) is 1. The van der Waals surface area contributed by atoms with E-state index in [1.54, 1.807) is 0 Å². The van der Waals surface area contributed by atoms with Crippen LogP contribution in [0.15, 0.2) is 18.2 Å². The van der Waals surface area contributed by atoms with E-state index in [1.165, 1.54) is 37.2 Å². The molecule has 0 spiro atoms. The van der Waals surface area contributed by atoms with Gasteiger partial charge in [0.15, 0.2) is 0 Å². The highest BCUT2D eigenvalue weighted by Crippen LogP contribution is 2.25. The van der Waals surface area contributed by atoms with E-state index >= 15 is 0 Å². The fourth-order valence-corrected chi connectivity index (χ4v) is 1.61. The molecule has 7 heteroatoms. The molecule has 0 atom stereocenters. The Bertz CT molecular complexity index is 460. The standard InChI is InChI=1S/C12H16F3N3O/c1-17-11(19)9-4-3-8(16)7-10(9)18(2)6-5-12(13,14)15/h3-4,7H,5-6,16H2,1-2H3,(H,17,19). The first kappa shape index (κ1) is 15.1. The number of benzene rings is 1. The van der Waals surface area contributed by atoms with Crippen molar-refractivity contribution in [1.82, 2.24) is 5.32 Å². The van der Waals surface area contributed by atoms with Gasteiger partial charge in [-0.1, -0.05) is 0 Å². The van der Waals surface area contributed by atoms with Crippen molar-refractivity contribution in [3.63, 3.8) is 0 Å². The van der Waals surface area contributed by atoms with Gasteiger partial charge in [0.1, 0.15) is 0 Å². The zero-order valence-corrected chi connectivity index (χ0v) is 10.7. The second kappa shape index (κ2) is 5.81. The van der Waals surface area contributed by atoms with Gasteiger partial charge < -0.3 is 16.0 Å². The van der Waals surface area contributed by atoms with E-state index in [2.05, 4.69) is 5.32 Å². The molecule has 0 unspecified atom stereocenters. The molecular formula is C12H16F3N3O. The number of nitrogens with two attached hydrogens (primary N) is 1. The lowest BCUT2D eigenvalue weighted by molar-refractivity contribution is -0.132. The number of amides is 1. The maximum atomic E-state index is 12.2. The van der Waals surface area contributed by atoms with Gasteiger partial charge >= 0.3 is 6.18 Å². The number of hydrogen-bond donors (Lipinski definition) is 2. The highest BCUT2D eigenvalue weighted by Gasteiger charge is 2.27. The van der Waals surface area contributed by atoms with Crippen LogP contribution in [0.1, 0.15) is 16.8 Å². The second-order valence-corrected chi connectivity index (χ2v) is 4.14. The fraction of sp³-hybridized carbons (Fsp3) is 0.417. The van der Waals surface area contributed by atoms with Gasteiger partial charge in [-0.2, -0.15) is 13.2 Å². The average Bonchev–Trinajstić information content (AvgIpc) is 2.34. The molecule has 1 aromatic rings. The molecule has 0 radical (unpaired) electrons. The van der Waals surface area contributed by atoms with Crippen molar-refractivity contribution in [1.29, 1.82) is 0 Å². The van der Waals surface area contributed by atoms with E-state index in [-0.39, 0.29) is 12.5 Å². The monoisotopic (exact) mass is 275 g/mol. The van der Waals surface area contributed by atoms with Crippen molar-refractivity contribution in [3.05, 3.63) is 23.8 Å². The van der Waals surface area contributed by atoms with Gasteiger partial charge in [0.25, 0.3) is 5.91 Å². The van der Waals surface area contributed by atoms with Gasteiger partial charge in [0.2, 0.25) is 0 Å². The first-order valence-electron chi connectivity index (χ1n) is 5.64. The van der Waals surface area contributed by atoms with Crippen molar-refractivity contribution >= 4 is 17.3 Å². The minimum absolute atomic E-state index is 0.239. The smallest absolute Gasteiger partial charge is 0.390 e. The number of nitrogens with zero attached hydrogens (tertiary/aromatic N) is 1. The topological polar surface area (TPSA) is 58.4 Å². The number of alkyl halides is 3. The first-order chi connectivity index (χ1) is 8.74. The summed E-state index contributed by atoms with van der Waals surface area (Å²) in [6, 6.07) is 4.51. The third-order valence-corrected chi connectivity index (χ3v) is 2.64. The molecule has 0 bridgehead atoms. The lowest BCUT2D eigenvalue weighted by atomic mass is 10.1. The molecule has 0 saturated carbocycles. The summed E-state index contributed by atoms with van der Waals surface area (Å²) in [5.74, 6) is -0.367. The Balaban J connectivity index is 2.97. The summed E-state index contributed by atoms with van der Waals surface area (Å²) < 4.78 is 36.6. The number of rotatable bonds is 4. The van der Waals surface area contributed by atoms with E-state index in [0.717, 1.165) is 0 Å². The predicted molar refractivity (Wildman–Crippen MR) is 68.2 cm³/mol. The normalized spacial score (nSPS) is 11.2. The number of nitrogen functional groups attached to an aromatic ring is 1. The summed E-state index contributed by atoms with van der Waals surface area (Å²) in [5.41, 5.74) is 6.67. The first-order valence-corrected chi connectivity index (χ1v) is 5.64. The molecule has 1 aromatic carbocycles. The van der Waals surface area contributed by atoms with Crippen LogP contribution in [0.4, 0.5) is 24.5 Å². The number of hydrogen-bond acceptors (Lipinski definition) is 3. The molecule has 0 fully saturated rings. The molecule has 3 N–H and O–H groups in total. The summed E-state index contributed by atoms with van der Waals surface area (Å²) in [6.45, 7) is -0.239. The Morgan fingerprint density at radius 3 is 2.58 bits per heavy atom. The van der Waals surface area contributed by atoms with Gasteiger partial charge in [0.05, 0.1) is 17.7 Å².